The van der Waals surface area contributed by atoms with Crippen LogP contribution in [0, 0.1) is 11.8 Å². The number of esters is 1. The molecule has 4 nitrogen and oxygen atoms in total. The zero-order chi connectivity index (χ0) is 22.1. The Morgan fingerprint density at radius 1 is 1.10 bits per heavy atom. The lowest BCUT2D eigenvalue weighted by atomic mass is 9.66. The van der Waals surface area contributed by atoms with Gasteiger partial charge in [0.2, 0.25) is 0 Å². The molecule has 4 heteroatoms. The lowest BCUT2D eigenvalue weighted by molar-refractivity contribution is -0.139. The number of ether oxygens (including phenoxy) is 1. The molecule has 0 bridgehead atoms. The summed E-state index contributed by atoms with van der Waals surface area (Å²) in [6.45, 7) is 12.7. The molecule has 2 aliphatic rings. The standard InChI is InChI=1S/C26H35NO3/c1-7-9-17-14-20-24(21(28)15-17)23(22(16(3)27-20)25(29)30-8-2)18-10-12-19(13-11-18)26(4,5)6/h10-13,17,23-24H,7-9,14-15H2,1-6H3. The second-order valence-corrected chi connectivity index (χ2v) is 9.68. The van der Waals surface area contributed by atoms with E-state index in [0.29, 0.717) is 30.2 Å². The lowest BCUT2D eigenvalue weighted by Crippen LogP contribution is -2.41. The normalized spacial score (nSPS) is 24.4. The summed E-state index contributed by atoms with van der Waals surface area (Å²) in [5, 5.41) is 0. The fraction of sp³-hybridized carbons (Fsp3) is 0.577. The van der Waals surface area contributed by atoms with Gasteiger partial charge in [0, 0.05) is 23.7 Å². The van der Waals surface area contributed by atoms with Crippen molar-refractivity contribution in [2.45, 2.75) is 78.6 Å². The minimum atomic E-state index is -0.360. The van der Waals surface area contributed by atoms with Crippen LogP contribution < -0.4 is 0 Å². The number of rotatable bonds is 5. The van der Waals surface area contributed by atoms with Crippen LogP contribution in [0.4, 0.5) is 0 Å². The van der Waals surface area contributed by atoms with Crippen LogP contribution >= 0.6 is 0 Å². The minimum Gasteiger partial charge on any atom is -0.463 e. The van der Waals surface area contributed by atoms with Crippen molar-refractivity contribution in [1.82, 2.24) is 0 Å². The highest BCUT2D eigenvalue weighted by atomic mass is 16.5. The van der Waals surface area contributed by atoms with E-state index in [9.17, 15) is 9.59 Å². The predicted molar refractivity (Wildman–Crippen MR) is 121 cm³/mol. The Kier molecular flexibility index (Phi) is 6.64. The molecule has 1 fully saturated rings. The molecular weight excluding hydrogens is 374 g/mol. The third-order valence-corrected chi connectivity index (χ3v) is 6.37. The van der Waals surface area contributed by atoms with Gasteiger partial charge >= 0.3 is 5.97 Å². The number of aliphatic imine (C=N–C) groups is 1. The highest BCUT2D eigenvalue weighted by molar-refractivity contribution is 6.11. The van der Waals surface area contributed by atoms with Gasteiger partial charge < -0.3 is 4.74 Å². The summed E-state index contributed by atoms with van der Waals surface area (Å²) in [6, 6.07) is 8.39. The number of nitrogens with zero attached hydrogens (tertiary/aromatic N) is 1. The molecule has 1 saturated carbocycles. The van der Waals surface area contributed by atoms with E-state index in [1.807, 2.05) is 6.92 Å². The highest BCUT2D eigenvalue weighted by Crippen LogP contribution is 2.45. The number of ketones is 1. The molecule has 3 atom stereocenters. The van der Waals surface area contributed by atoms with Crippen LogP contribution in [0.5, 0.6) is 0 Å². The molecule has 0 N–H and O–H groups in total. The number of allylic oxidation sites excluding steroid dienone is 1. The fourth-order valence-corrected chi connectivity index (χ4v) is 4.90. The average molecular weight is 410 g/mol. The summed E-state index contributed by atoms with van der Waals surface area (Å²) in [5.74, 6) is -0.468. The Morgan fingerprint density at radius 3 is 2.33 bits per heavy atom. The van der Waals surface area contributed by atoms with E-state index in [2.05, 4.69) is 52.0 Å². The van der Waals surface area contributed by atoms with Crippen molar-refractivity contribution in [3.8, 4) is 0 Å². The van der Waals surface area contributed by atoms with Crippen molar-refractivity contribution in [3.63, 3.8) is 0 Å². The third kappa shape index (κ3) is 4.43. The predicted octanol–water partition coefficient (Wildman–Crippen LogP) is 5.75. The van der Waals surface area contributed by atoms with Crippen molar-refractivity contribution in [3.05, 3.63) is 46.7 Å². The van der Waals surface area contributed by atoms with Gasteiger partial charge in [-0.2, -0.15) is 0 Å². The van der Waals surface area contributed by atoms with E-state index in [4.69, 9.17) is 9.73 Å². The molecule has 0 amide bonds. The zero-order valence-corrected chi connectivity index (χ0v) is 19.2. The van der Waals surface area contributed by atoms with Crippen LogP contribution in [-0.2, 0) is 19.7 Å². The van der Waals surface area contributed by atoms with Crippen LogP contribution in [0.15, 0.2) is 40.5 Å². The van der Waals surface area contributed by atoms with Gasteiger partial charge in [0.25, 0.3) is 0 Å². The highest BCUT2D eigenvalue weighted by Gasteiger charge is 2.45. The molecule has 0 saturated heterocycles. The third-order valence-electron chi connectivity index (χ3n) is 6.37. The first-order valence-electron chi connectivity index (χ1n) is 11.3. The van der Waals surface area contributed by atoms with Crippen LogP contribution in [-0.4, -0.2) is 24.1 Å². The van der Waals surface area contributed by atoms with Gasteiger partial charge in [-0.3, -0.25) is 9.79 Å². The Bertz CT molecular complexity index is 871. The van der Waals surface area contributed by atoms with Gasteiger partial charge in [0.05, 0.1) is 18.1 Å². The maximum absolute atomic E-state index is 13.3. The van der Waals surface area contributed by atoms with Gasteiger partial charge in [-0.1, -0.05) is 58.4 Å². The molecular formula is C26H35NO3. The number of carbonyl (C=O) groups excluding carboxylic acids is 2. The van der Waals surface area contributed by atoms with E-state index in [-0.39, 0.29) is 29.0 Å². The van der Waals surface area contributed by atoms with Gasteiger partial charge in [-0.15, -0.1) is 0 Å². The molecule has 1 aliphatic carbocycles. The van der Waals surface area contributed by atoms with Gasteiger partial charge in [-0.25, -0.2) is 4.79 Å². The van der Waals surface area contributed by atoms with E-state index in [1.165, 1.54) is 5.56 Å². The van der Waals surface area contributed by atoms with Gasteiger partial charge in [-0.05, 0) is 49.1 Å². The van der Waals surface area contributed by atoms with E-state index in [0.717, 1.165) is 30.5 Å². The molecule has 1 aromatic rings. The van der Waals surface area contributed by atoms with Crippen molar-refractivity contribution in [2.24, 2.45) is 16.8 Å². The minimum absolute atomic E-state index is 0.0431. The maximum atomic E-state index is 13.3. The Balaban J connectivity index is 2.08. The molecule has 0 spiro atoms. The van der Waals surface area contributed by atoms with Crippen molar-refractivity contribution >= 4 is 17.5 Å². The smallest absolute Gasteiger partial charge is 0.336 e. The lowest BCUT2D eigenvalue weighted by Gasteiger charge is -2.38. The summed E-state index contributed by atoms with van der Waals surface area (Å²) >= 11 is 0. The number of carbonyl (C=O) groups is 2. The van der Waals surface area contributed by atoms with Crippen molar-refractivity contribution in [2.75, 3.05) is 6.61 Å². The van der Waals surface area contributed by atoms with Crippen molar-refractivity contribution < 1.29 is 14.3 Å². The summed E-state index contributed by atoms with van der Waals surface area (Å²) < 4.78 is 5.38. The number of hydrogen-bond donors (Lipinski definition) is 0. The topological polar surface area (TPSA) is 55.7 Å². The Labute approximate surface area is 180 Å². The molecule has 0 radical (unpaired) electrons. The summed E-state index contributed by atoms with van der Waals surface area (Å²) in [7, 11) is 0. The quantitative estimate of drug-likeness (QED) is 0.581. The first kappa shape index (κ1) is 22.5. The zero-order valence-electron chi connectivity index (χ0n) is 19.2. The summed E-state index contributed by atoms with van der Waals surface area (Å²) in [6.07, 6.45) is 3.52. The summed E-state index contributed by atoms with van der Waals surface area (Å²) in [5.41, 5.74) is 4.44. The molecule has 1 aliphatic heterocycles. The molecule has 1 heterocycles. The van der Waals surface area contributed by atoms with Crippen LogP contribution in [0.2, 0.25) is 0 Å². The Hall–Kier alpha value is -2.23. The molecule has 3 rings (SSSR count). The number of benzene rings is 1. The van der Waals surface area contributed by atoms with Crippen LogP contribution in [0.1, 0.15) is 84.3 Å². The SMILES string of the molecule is CCCC1CC(=O)C2C(=NC(C)=C(C(=O)OCC)C2c2ccc(C(C)(C)C)cc2)C1. The Morgan fingerprint density at radius 2 is 1.77 bits per heavy atom. The molecule has 3 unspecified atom stereocenters. The van der Waals surface area contributed by atoms with E-state index >= 15 is 0 Å². The van der Waals surface area contributed by atoms with Crippen LogP contribution in [0.25, 0.3) is 0 Å². The first-order chi connectivity index (χ1) is 14.2. The van der Waals surface area contributed by atoms with Gasteiger partial charge in [0.1, 0.15) is 5.78 Å². The monoisotopic (exact) mass is 409 g/mol. The van der Waals surface area contributed by atoms with E-state index in [1.54, 1.807) is 6.92 Å². The summed E-state index contributed by atoms with van der Waals surface area (Å²) in [4.78, 5) is 31.0. The molecule has 1 aromatic carbocycles. The number of Topliss-reactive ketones (excluding diaryl/α,β-unsaturated/α-hetero) is 1. The fourth-order valence-electron chi connectivity index (χ4n) is 4.90. The molecule has 0 aromatic heterocycles. The average Bonchev–Trinajstić information content (AvgIpc) is 2.66. The van der Waals surface area contributed by atoms with Crippen LogP contribution in [0.3, 0.4) is 0 Å². The van der Waals surface area contributed by atoms with Crippen molar-refractivity contribution in [1.29, 1.82) is 0 Å². The largest absolute Gasteiger partial charge is 0.463 e. The number of fused-ring (bicyclic) bond motifs is 1. The number of hydrogen-bond acceptors (Lipinski definition) is 4. The second-order valence-electron chi connectivity index (χ2n) is 9.68. The maximum Gasteiger partial charge on any atom is 0.336 e. The van der Waals surface area contributed by atoms with Gasteiger partial charge in [0.15, 0.2) is 0 Å². The first-order valence-corrected chi connectivity index (χ1v) is 11.3. The molecule has 162 valence electrons. The van der Waals surface area contributed by atoms with E-state index < -0.39 is 0 Å². The molecule has 30 heavy (non-hydrogen) atoms. The second kappa shape index (κ2) is 8.87.